The van der Waals surface area contributed by atoms with Crippen LogP contribution in [-0.4, -0.2) is 28.4 Å². The Labute approximate surface area is 220 Å². The first-order valence-corrected chi connectivity index (χ1v) is 11.6. The Hall–Kier alpha value is -4.75. The van der Waals surface area contributed by atoms with Gasteiger partial charge in [-0.25, -0.2) is 9.37 Å². The topological polar surface area (TPSA) is 141 Å². The van der Waals surface area contributed by atoms with Crippen LogP contribution in [0.5, 0.6) is 5.75 Å². The van der Waals surface area contributed by atoms with Gasteiger partial charge in [-0.3, -0.25) is 14.4 Å². The van der Waals surface area contributed by atoms with Crippen LogP contribution in [0.1, 0.15) is 33.4 Å². The van der Waals surface area contributed by atoms with Gasteiger partial charge in [0, 0.05) is 28.6 Å². The second-order valence-corrected chi connectivity index (χ2v) is 8.71. The summed E-state index contributed by atoms with van der Waals surface area (Å²) in [6.07, 6.45) is 3.77. The standard InChI is InChI=1S/C27H20ClFN4O5/c1-37-24-14-33(26(35)11-20(24)19-10-17(28)4-3-16(19)13-30)22(12-25-32-6-7-38-25)23(34)9-15-2-5-18(27(31)36)21(29)8-15/h2-8,10-11,14,22H,9,12H2,1H3,(H2,31,36). The maximum atomic E-state index is 14.3. The highest BCUT2D eigenvalue weighted by Crippen LogP contribution is 2.33. The molecule has 2 aromatic heterocycles. The molecule has 4 rings (SSSR count). The smallest absolute Gasteiger partial charge is 0.252 e. The molecule has 0 spiro atoms. The minimum Gasteiger partial charge on any atom is -0.495 e. The van der Waals surface area contributed by atoms with Crippen molar-refractivity contribution in [3.63, 3.8) is 0 Å². The summed E-state index contributed by atoms with van der Waals surface area (Å²) < 4.78 is 26.3. The number of primary amides is 1. The van der Waals surface area contributed by atoms with Crippen LogP contribution in [0.2, 0.25) is 5.02 Å². The van der Waals surface area contributed by atoms with E-state index >= 15 is 0 Å². The molecule has 4 aromatic rings. The molecule has 38 heavy (non-hydrogen) atoms. The number of oxazole rings is 1. The molecular formula is C27H20ClFN4O5. The zero-order valence-electron chi connectivity index (χ0n) is 20.0. The zero-order chi connectivity index (χ0) is 27.4. The second-order valence-electron chi connectivity index (χ2n) is 8.27. The van der Waals surface area contributed by atoms with E-state index in [4.69, 9.17) is 26.5 Å². The zero-order valence-corrected chi connectivity index (χ0v) is 20.7. The first-order valence-electron chi connectivity index (χ1n) is 11.2. The van der Waals surface area contributed by atoms with E-state index in [0.29, 0.717) is 16.1 Å². The Bertz CT molecular complexity index is 1630. The normalized spacial score (nSPS) is 11.5. The monoisotopic (exact) mass is 534 g/mol. The molecule has 2 aromatic carbocycles. The summed E-state index contributed by atoms with van der Waals surface area (Å²) in [7, 11) is 1.39. The van der Waals surface area contributed by atoms with Crippen LogP contribution >= 0.6 is 11.6 Å². The number of halogens is 2. The lowest BCUT2D eigenvalue weighted by atomic mass is 9.98. The molecule has 0 aliphatic heterocycles. The summed E-state index contributed by atoms with van der Waals surface area (Å²) >= 11 is 6.13. The summed E-state index contributed by atoms with van der Waals surface area (Å²) in [5.41, 5.74) is 5.56. The van der Waals surface area contributed by atoms with Crippen LogP contribution in [0.3, 0.4) is 0 Å². The highest BCUT2D eigenvalue weighted by Gasteiger charge is 2.26. The number of aromatic nitrogens is 2. The second kappa shape index (κ2) is 11.1. The molecule has 0 aliphatic carbocycles. The number of hydrogen-bond acceptors (Lipinski definition) is 7. The number of amides is 1. The maximum absolute atomic E-state index is 14.3. The van der Waals surface area contributed by atoms with Gasteiger partial charge >= 0.3 is 0 Å². The lowest BCUT2D eigenvalue weighted by Gasteiger charge is -2.20. The summed E-state index contributed by atoms with van der Waals surface area (Å²) in [5.74, 6) is -1.82. The fourth-order valence-electron chi connectivity index (χ4n) is 4.06. The average Bonchev–Trinajstić information content (AvgIpc) is 3.40. The number of nitriles is 1. The van der Waals surface area contributed by atoms with Crippen molar-refractivity contribution in [2.24, 2.45) is 5.73 Å². The van der Waals surface area contributed by atoms with Crippen molar-refractivity contribution in [2.75, 3.05) is 7.11 Å². The van der Waals surface area contributed by atoms with E-state index < -0.39 is 29.1 Å². The molecule has 0 aliphatic rings. The highest BCUT2D eigenvalue weighted by atomic mass is 35.5. The number of benzene rings is 2. The Balaban J connectivity index is 1.78. The first-order chi connectivity index (χ1) is 18.2. The van der Waals surface area contributed by atoms with E-state index in [0.717, 1.165) is 6.07 Å². The number of hydrogen-bond donors (Lipinski definition) is 1. The van der Waals surface area contributed by atoms with Gasteiger partial charge in [0.25, 0.3) is 11.5 Å². The van der Waals surface area contributed by atoms with Crippen LogP contribution in [0.4, 0.5) is 4.39 Å². The van der Waals surface area contributed by atoms with Gasteiger partial charge in [0.15, 0.2) is 11.7 Å². The number of rotatable bonds is 9. The largest absolute Gasteiger partial charge is 0.495 e. The van der Waals surface area contributed by atoms with Gasteiger partial charge in [-0.1, -0.05) is 17.7 Å². The van der Waals surface area contributed by atoms with Gasteiger partial charge in [0.2, 0.25) is 0 Å². The van der Waals surface area contributed by atoms with Crippen molar-refractivity contribution in [2.45, 2.75) is 18.9 Å². The van der Waals surface area contributed by atoms with E-state index in [1.54, 1.807) is 12.1 Å². The van der Waals surface area contributed by atoms with Gasteiger partial charge in [-0.15, -0.1) is 0 Å². The van der Waals surface area contributed by atoms with E-state index in [2.05, 4.69) is 11.1 Å². The average molecular weight is 535 g/mol. The lowest BCUT2D eigenvalue weighted by molar-refractivity contribution is -0.121. The predicted octanol–water partition coefficient (Wildman–Crippen LogP) is 3.87. The van der Waals surface area contributed by atoms with Gasteiger partial charge < -0.3 is 19.5 Å². The van der Waals surface area contributed by atoms with Gasteiger partial charge in [0.05, 0.1) is 43.1 Å². The maximum Gasteiger partial charge on any atom is 0.252 e. The predicted molar refractivity (Wildman–Crippen MR) is 135 cm³/mol. The third-order valence-corrected chi connectivity index (χ3v) is 6.13. The molecule has 9 nitrogen and oxygen atoms in total. The van der Waals surface area contributed by atoms with Crippen molar-refractivity contribution in [1.29, 1.82) is 5.26 Å². The van der Waals surface area contributed by atoms with Crippen molar-refractivity contribution < 1.29 is 23.1 Å². The van der Waals surface area contributed by atoms with E-state index in [1.165, 1.54) is 54.6 Å². The molecule has 11 heteroatoms. The van der Waals surface area contributed by atoms with Gasteiger partial charge in [0.1, 0.15) is 23.9 Å². The van der Waals surface area contributed by atoms with Crippen LogP contribution in [0.25, 0.3) is 11.1 Å². The molecule has 1 unspecified atom stereocenters. The molecule has 1 atom stereocenters. The minimum atomic E-state index is -1.10. The van der Waals surface area contributed by atoms with Crippen LogP contribution in [0, 0.1) is 17.1 Å². The lowest BCUT2D eigenvalue weighted by Crippen LogP contribution is -2.32. The molecule has 0 saturated carbocycles. The first kappa shape index (κ1) is 26.3. The quantitative estimate of drug-likeness (QED) is 0.343. The van der Waals surface area contributed by atoms with Crippen LogP contribution < -0.4 is 16.0 Å². The summed E-state index contributed by atoms with van der Waals surface area (Å²) in [6.45, 7) is 0. The number of nitrogens with two attached hydrogens (primary N) is 1. The summed E-state index contributed by atoms with van der Waals surface area (Å²) in [4.78, 5) is 42.2. The number of methoxy groups -OCH3 is 1. The van der Waals surface area contributed by atoms with E-state index in [9.17, 15) is 24.0 Å². The number of carbonyl (C=O) groups excluding carboxylic acids is 2. The van der Waals surface area contributed by atoms with Crippen molar-refractivity contribution in [3.8, 4) is 22.9 Å². The third kappa shape index (κ3) is 5.48. The number of ether oxygens (including phenoxy) is 1. The molecule has 2 heterocycles. The molecule has 0 radical (unpaired) electrons. The summed E-state index contributed by atoms with van der Waals surface area (Å²) in [5, 5.41) is 9.90. The minimum absolute atomic E-state index is 0.0727. The van der Waals surface area contributed by atoms with Crippen molar-refractivity contribution >= 4 is 23.3 Å². The molecule has 192 valence electrons. The molecule has 0 saturated heterocycles. The Morgan fingerprint density at radius 2 is 2.03 bits per heavy atom. The Kier molecular flexibility index (Phi) is 7.69. The summed E-state index contributed by atoms with van der Waals surface area (Å²) in [6, 6.07) is 10.5. The number of Topliss-reactive ketones (excluding diaryl/α,β-unsaturated/α-hetero) is 1. The highest BCUT2D eigenvalue weighted by molar-refractivity contribution is 6.31. The van der Waals surface area contributed by atoms with Crippen LogP contribution in [0.15, 0.2) is 70.3 Å². The van der Waals surface area contributed by atoms with E-state index in [1.807, 2.05) is 0 Å². The number of carbonyl (C=O) groups is 2. The molecule has 0 fully saturated rings. The molecule has 2 N–H and O–H groups in total. The number of nitrogens with zero attached hydrogens (tertiary/aromatic N) is 3. The fourth-order valence-corrected chi connectivity index (χ4v) is 4.23. The third-order valence-electron chi connectivity index (χ3n) is 5.89. The molecular weight excluding hydrogens is 515 g/mol. The SMILES string of the molecule is COc1cn(C(Cc2ncco2)C(=O)Cc2ccc(C(N)=O)c(F)c2)c(=O)cc1-c1cc(Cl)ccc1C#N. The van der Waals surface area contributed by atoms with Crippen molar-refractivity contribution in [3.05, 3.63) is 105 Å². The number of pyridine rings is 1. The number of ketones is 1. The molecule has 0 bridgehead atoms. The van der Waals surface area contributed by atoms with Gasteiger partial charge in [-0.2, -0.15) is 5.26 Å². The van der Waals surface area contributed by atoms with Gasteiger partial charge in [-0.05, 0) is 35.9 Å². The van der Waals surface area contributed by atoms with Crippen molar-refractivity contribution in [1.82, 2.24) is 9.55 Å². The molecule has 1 amide bonds. The fraction of sp³-hybridized carbons (Fsp3) is 0.148. The van der Waals surface area contributed by atoms with E-state index in [-0.39, 0.29) is 41.2 Å². The Morgan fingerprint density at radius 1 is 1.24 bits per heavy atom. The van der Waals surface area contributed by atoms with Crippen LogP contribution in [-0.2, 0) is 17.6 Å². The Morgan fingerprint density at radius 3 is 2.66 bits per heavy atom.